The van der Waals surface area contributed by atoms with E-state index in [1.807, 2.05) is 0 Å². The molecule has 0 spiro atoms. The SMILES string of the molecule is CNC(=O)[C@@H]1C[C@@H]2OCC[C@@H]2N(S(=O)(=O)c2cccc(OC)c2)C1. The lowest BCUT2D eigenvalue weighted by molar-refractivity contribution is -0.127. The van der Waals surface area contributed by atoms with Crippen molar-refractivity contribution in [2.45, 2.75) is 29.9 Å². The largest absolute Gasteiger partial charge is 0.497 e. The molecule has 2 aliphatic rings. The molecule has 0 bridgehead atoms. The number of nitrogens with one attached hydrogen (secondary N) is 1. The maximum absolute atomic E-state index is 13.1. The summed E-state index contributed by atoms with van der Waals surface area (Å²) in [7, 11) is -0.675. The van der Waals surface area contributed by atoms with Gasteiger partial charge in [-0.2, -0.15) is 4.31 Å². The molecule has 1 amide bonds. The van der Waals surface area contributed by atoms with Crippen molar-refractivity contribution >= 4 is 15.9 Å². The molecule has 132 valence electrons. The van der Waals surface area contributed by atoms with Crippen LogP contribution >= 0.6 is 0 Å². The monoisotopic (exact) mass is 354 g/mol. The molecule has 0 aromatic heterocycles. The molecule has 7 nitrogen and oxygen atoms in total. The van der Waals surface area contributed by atoms with Gasteiger partial charge >= 0.3 is 0 Å². The molecule has 0 saturated carbocycles. The highest BCUT2D eigenvalue weighted by molar-refractivity contribution is 7.89. The van der Waals surface area contributed by atoms with Gasteiger partial charge in [0.2, 0.25) is 15.9 Å². The fourth-order valence-electron chi connectivity index (χ4n) is 3.47. The summed E-state index contributed by atoms with van der Waals surface area (Å²) in [5.41, 5.74) is 0. The Balaban J connectivity index is 1.95. The predicted molar refractivity (Wildman–Crippen MR) is 87.2 cm³/mol. The Kier molecular flexibility index (Phi) is 4.80. The normalized spacial score (nSPS) is 27.5. The van der Waals surface area contributed by atoms with Gasteiger partial charge in [0.15, 0.2) is 0 Å². The minimum atomic E-state index is -3.73. The molecule has 2 fully saturated rings. The number of amides is 1. The average molecular weight is 354 g/mol. The molecule has 3 rings (SSSR count). The summed E-state index contributed by atoms with van der Waals surface area (Å²) in [6.45, 7) is 0.684. The molecule has 8 heteroatoms. The third-order valence-electron chi connectivity index (χ3n) is 4.73. The number of ether oxygens (including phenoxy) is 2. The summed E-state index contributed by atoms with van der Waals surface area (Å²) in [6, 6.07) is 6.18. The van der Waals surface area contributed by atoms with Crippen LogP contribution in [-0.4, -0.2) is 58.1 Å². The molecule has 2 heterocycles. The van der Waals surface area contributed by atoms with Gasteiger partial charge in [-0.1, -0.05) is 6.07 Å². The van der Waals surface area contributed by atoms with Gasteiger partial charge < -0.3 is 14.8 Å². The lowest BCUT2D eigenvalue weighted by Gasteiger charge is -2.39. The number of sulfonamides is 1. The lowest BCUT2D eigenvalue weighted by Crippen LogP contribution is -2.54. The van der Waals surface area contributed by atoms with Gasteiger partial charge in [-0.05, 0) is 25.0 Å². The van der Waals surface area contributed by atoms with Crippen molar-refractivity contribution in [3.63, 3.8) is 0 Å². The molecule has 1 aromatic carbocycles. The number of hydrogen-bond acceptors (Lipinski definition) is 5. The first-order valence-corrected chi connectivity index (χ1v) is 9.40. The van der Waals surface area contributed by atoms with Gasteiger partial charge in [-0.15, -0.1) is 0 Å². The second-order valence-electron chi connectivity index (χ2n) is 6.07. The van der Waals surface area contributed by atoms with Crippen LogP contribution in [0, 0.1) is 5.92 Å². The third kappa shape index (κ3) is 3.01. The van der Waals surface area contributed by atoms with E-state index in [0.29, 0.717) is 25.2 Å². The molecule has 0 aliphatic carbocycles. The Labute approximate surface area is 142 Å². The molecule has 1 N–H and O–H groups in total. The molecule has 24 heavy (non-hydrogen) atoms. The fourth-order valence-corrected chi connectivity index (χ4v) is 5.23. The first-order chi connectivity index (χ1) is 11.5. The van der Waals surface area contributed by atoms with Crippen LogP contribution in [-0.2, 0) is 19.6 Å². The van der Waals surface area contributed by atoms with Crippen molar-refractivity contribution in [1.29, 1.82) is 0 Å². The highest BCUT2D eigenvalue weighted by Gasteiger charge is 2.47. The van der Waals surface area contributed by atoms with Crippen LogP contribution in [0.1, 0.15) is 12.8 Å². The number of hydrogen-bond donors (Lipinski definition) is 1. The summed E-state index contributed by atoms with van der Waals surface area (Å²) in [6.07, 6.45) is 0.962. The minimum absolute atomic E-state index is 0.158. The number of nitrogens with zero attached hydrogens (tertiary/aromatic N) is 1. The fraction of sp³-hybridized carbons (Fsp3) is 0.562. The summed E-state index contributed by atoms with van der Waals surface area (Å²) >= 11 is 0. The maximum atomic E-state index is 13.1. The molecule has 3 atom stereocenters. The van der Waals surface area contributed by atoms with E-state index in [1.54, 1.807) is 25.2 Å². The van der Waals surface area contributed by atoms with E-state index in [0.717, 1.165) is 0 Å². The number of benzene rings is 1. The van der Waals surface area contributed by atoms with Crippen LogP contribution in [0.25, 0.3) is 0 Å². The smallest absolute Gasteiger partial charge is 0.243 e. The Morgan fingerprint density at radius 1 is 1.42 bits per heavy atom. The van der Waals surface area contributed by atoms with Crippen LogP contribution in [0.15, 0.2) is 29.2 Å². The molecule has 0 unspecified atom stereocenters. The van der Waals surface area contributed by atoms with E-state index in [-0.39, 0.29) is 29.5 Å². The van der Waals surface area contributed by atoms with Crippen molar-refractivity contribution in [3.8, 4) is 5.75 Å². The quantitative estimate of drug-likeness (QED) is 0.856. The van der Waals surface area contributed by atoms with E-state index in [9.17, 15) is 13.2 Å². The van der Waals surface area contributed by atoms with Crippen LogP contribution in [0.2, 0.25) is 0 Å². The second-order valence-corrected chi connectivity index (χ2v) is 7.96. The van der Waals surface area contributed by atoms with Gasteiger partial charge in [-0.3, -0.25) is 4.79 Å². The molecule has 2 aliphatic heterocycles. The number of carbonyl (C=O) groups is 1. The first kappa shape index (κ1) is 17.2. The summed E-state index contributed by atoms with van der Waals surface area (Å²) in [4.78, 5) is 12.2. The van der Waals surface area contributed by atoms with Crippen molar-refractivity contribution in [2.24, 2.45) is 5.92 Å². The Morgan fingerprint density at radius 2 is 2.21 bits per heavy atom. The molecule has 2 saturated heterocycles. The highest BCUT2D eigenvalue weighted by atomic mass is 32.2. The van der Waals surface area contributed by atoms with E-state index >= 15 is 0 Å². The van der Waals surface area contributed by atoms with E-state index in [1.165, 1.54) is 17.5 Å². The zero-order valence-corrected chi connectivity index (χ0v) is 14.6. The Bertz CT molecular complexity index is 721. The van der Waals surface area contributed by atoms with Crippen molar-refractivity contribution in [2.75, 3.05) is 27.3 Å². The zero-order valence-electron chi connectivity index (χ0n) is 13.8. The van der Waals surface area contributed by atoms with Crippen LogP contribution < -0.4 is 10.1 Å². The van der Waals surface area contributed by atoms with Gasteiger partial charge in [0.25, 0.3) is 0 Å². The number of rotatable bonds is 4. The minimum Gasteiger partial charge on any atom is -0.497 e. The first-order valence-electron chi connectivity index (χ1n) is 7.96. The number of carbonyl (C=O) groups excluding carboxylic acids is 1. The molecular weight excluding hydrogens is 332 g/mol. The van der Waals surface area contributed by atoms with Crippen LogP contribution in [0.5, 0.6) is 5.75 Å². The molecule has 1 aromatic rings. The highest BCUT2D eigenvalue weighted by Crippen LogP contribution is 2.35. The number of fused-ring (bicyclic) bond motifs is 1. The third-order valence-corrected chi connectivity index (χ3v) is 6.61. The van der Waals surface area contributed by atoms with Crippen molar-refractivity contribution in [1.82, 2.24) is 9.62 Å². The van der Waals surface area contributed by atoms with E-state index in [2.05, 4.69) is 5.32 Å². The Morgan fingerprint density at radius 3 is 2.92 bits per heavy atom. The zero-order chi connectivity index (χ0) is 17.3. The van der Waals surface area contributed by atoms with Crippen molar-refractivity contribution < 1.29 is 22.7 Å². The lowest BCUT2D eigenvalue weighted by atomic mass is 9.91. The second kappa shape index (κ2) is 6.70. The van der Waals surface area contributed by atoms with Gasteiger partial charge in [0.1, 0.15) is 5.75 Å². The number of methoxy groups -OCH3 is 1. The summed E-state index contributed by atoms with van der Waals surface area (Å²) in [5.74, 6) is -0.0836. The van der Waals surface area contributed by atoms with Gasteiger partial charge in [0, 0.05) is 26.3 Å². The van der Waals surface area contributed by atoms with Gasteiger partial charge in [-0.25, -0.2) is 8.42 Å². The topological polar surface area (TPSA) is 84.9 Å². The van der Waals surface area contributed by atoms with Gasteiger partial charge in [0.05, 0.1) is 30.1 Å². The predicted octanol–water partition coefficient (Wildman–Crippen LogP) is 0.609. The standard InChI is InChI=1S/C16H22N2O5S/c1-17-16(19)11-8-15-14(6-7-23-15)18(10-11)24(20,21)13-5-3-4-12(9-13)22-2/h3-5,9,11,14-15H,6-8,10H2,1-2H3,(H,17,19)/t11-,14+,15+/m1/s1. The average Bonchev–Trinajstić information content (AvgIpc) is 3.08. The van der Waals surface area contributed by atoms with Crippen LogP contribution in [0.4, 0.5) is 0 Å². The molecular formula is C16H22N2O5S. The maximum Gasteiger partial charge on any atom is 0.243 e. The van der Waals surface area contributed by atoms with Crippen LogP contribution in [0.3, 0.4) is 0 Å². The van der Waals surface area contributed by atoms with E-state index in [4.69, 9.17) is 9.47 Å². The van der Waals surface area contributed by atoms with E-state index < -0.39 is 15.9 Å². The van der Waals surface area contributed by atoms with Crippen molar-refractivity contribution in [3.05, 3.63) is 24.3 Å². The molecule has 0 radical (unpaired) electrons. The summed E-state index contributed by atoms with van der Waals surface area (Å²) < 4.78 is 38.5. The Hall–Kier alpha value is -1.64. The summed E-state index contributed by atoms with van der Waals surface area (Å²) in [5, 5.41) is 2.61. The number of piperidine rings is 1.